The lowest BCUT2D eigenvalue weighted by atomic mass is 10.0. The number of allylic oxidation sites excluding steroid dienone is 2. The van der Waals surface area contributed by atoms with Crippen molar-refractivity contribution in [2.45, 2.75) is 38.5 Å². The van der Waals surface area contributed by atoms with Crippen LogP contribution in [0.5, 0.6) is 0 Å². The fourth-order valence-corrected chi connectivity index (χ4v) is 2.50. The highest BCUT2D eigenvalue weighted by Crippen LogP contribution is 2.31. The molecule has 2 aliphatic rings. The van der Waals surface area contributed by atoms with Gasteiger partial charge in [0, 0.05) is 12.2 Å². The first-order valence-electron chi connectivity index (χ1n) is 6.31. The zero-order valence-corrected chi connectivity index (χ0v) is 10.8. The minimum atomic E-state index is -0.562. The smallest absolute Gasteiger partial charge is 0.325 e. The molecule has 1 fully saturated rings. The molecule has 0 aromatic rings. The summed E-state index contributed by atoms with van der Waals surface area (Å²) in [5.74, 6) is 0. The SMILES string of the molecule is CC(O)CN1C(=O)N(CC(C)O)C2CC=CC=C21. The van der Waals surface area contributed by atoms with E-state index in [1.54, 1.807) is 23.6 Å². The lowest BCUT2D eigenvalue weighted by molar-refractivity contribution is 0.120. The topological polar surface area (TPSA) is 64.0 Å². The number of nitrogens with zero attached hydrogens (tertiary/aromatic N) is 2. The number of carbonyl (C=O) groups excluding carboxylic acids is 1. The standard InChI is InChI=1S/C13H20N2O3/c1-9(16)7-14-11-5-3-4-6-12(11)15(13(14)18)8-10(2)17/h3-5,9-10,12,16-17H,6-8H2,1-2H3. The van der Waals surface area contributed by atoms with Gasteiger partial charge < -0.3 is 15.1 Å². The summed E-state index contributed by atoms with van der Waals surface area (Å²) in [7, 11) is 0. The van der Waals surface area contributed by atoms with Crippen LogP contribution in [0.2, 0.25) is 0 Å². The summed E-state index contributed by atoms with van der Waals surface area (Å²) in [5, 5.41) is 19.0. The molecule has 0 aromatic carbocycles. The molecule has 0 aromatic heterocycles. The zero-order valence-electron chi connectivity index (χ0n) is 10.8. The van der Waals surface area contributed by atoms with Crippen molar-refractivity contribution in [2.24, 2.45) is 0 Å². The molecule has 2 amide bonds. The van der Waals surface area contributed by atoms with Gasteiger partial charge in [0.25, 0.3) is 0 Å². The van der Waals surface area contributed by atoms with Gasteiger partial charge in [0.1, 0.15) is 0 Å². The normalized spacial score (nSPS) is 26.1. The number of urea groups is 1. The van der Waals surface area contributed by atoms with E-state index in [0.717, 1.165) is 12.1 Å². The number of hydrogen-bond acceptors (Lipinski definition) is 3. The predicted molar refractivity (Wildman–Crippen MR) is 67.8 cm³/mol. The molecule has 1 aliphatic carbocycles. The van der Waals surface area contributed by atoms with Crippen molar-refractivity contribution in [3.05, 3.63) is 23.9 Å². The quantitative estimate of drug-likeness (QED) is 0.774. The monoisotopic (exact) mass is 252 g/mol. The minimum absolute atomic E-state index is 0.00384. The summed E-state index contributed by atoms with van der Waals surface area (Å²) < 4.78 is 0. The van der Waals surface area contributed by atoms with Gasteiger partial charge in [-0.2, -0.15) is 0 Å². The molecule has 0 bridgehead atoms. The molecule has 18 heavy (non-hydrogen) atoms. The first kappa shape index (κ1) is 13.1. The first-order valence-corrected chi connectivity index (χ1v) is 6.31. The zero-order chi connectivity index (χ0) is 13.3. The summed E-state index contributed by atoms with van der Waals surface area (Å²) in [6.07, 6.45) is 5.51. The molecule has 100 valence electrons. The lowest BCUT2D eigenvalue weighted by Crippen LogP contribution is -2.40. The van der Waals surface area contributed by atoms with Crippen LogP contribution in [-0.2, 0) is 0 Å². The van der Waals surface area contributed by atoms with E-state index in [-0.39, 0.29) is 12.1 Å². The molecule has 2 rings (SSSR count). The van der Waals surface area contributed by atoms with Crippen LogP contribution in [0.15, 0.2) is 23.9 Å². The summed E-state index contributed by atoms with van der Waals surface area (Å²) in [6.45, 7) is 3.96. The Morgan fingerprint density at radius 1 is 1.33 bits per heavy atom. The van der Waals surface area contributed by atoms with Gasteiger partial charge >= 0.3 is 6.03 Å². The molecule has 3 atom stereocenters. The molecule has 5 heteroatoms. The second-order valence-electron chi connectivity index (χ2n) is 5.01. The largest absolute Gasteiger partial charge is 0.392 e. The molecule has 5 nitrogen and oxygen atoms in total. The van der Waals surface area contributed by atoms with Gasteiger partial charge in [-0.05, 0) is 26.3 Å². The van der Waals surface area contributed by atoms with Gasteiger partial charge in [-0.15, -0.1) is 0 Å². The summed E-state index contributed by atoms with van der Waals surface area (Å²) >= 11 is 0. The molecular weight excluding hydrogens is 232 g/mol. The second-order valence-corrected chi connectivity index (χ2v) is 5.01. The maximum Gasteiger partial charge on any atom is 0.325 e. The van der Waals surface area contributed by atoms with Crippen molar-refractivity contribution >= 4 is 6.03 Å². The Kier molecular flexibility index (Phi) is 3.73. The highest BCUT2D eigenvalue weighted by atomic mass is 16.3. The van der Waals surface area contributed by atoms with Gasteiger partial charge in [-0.3, -0.25) is 4.90 Å². The van der Waals surface area contributed by atoms with Crippen LogP contribution in [0, 0.1) is 0 Å². The lowest BCUT2D eigenvalue weighted by Gasteiger charge is -2.24. The Morgan fingerprint density at radius 3 is 2.61 bits per heavy atom. The van der Waals surface area contributed by atoms with Gasteiger partial charge in [-0.25, -0.2) is 4.79 Å². The second kappa shape index (κ2) is 5.12. The molecule has 1 saturated heterocycles. The third-order valence-electron chi connectivity index (χ3n) is 3.18. The van der Waals surface area contributed by atoms with E-state index in [9.17, 15) is 15.0 Å². The van der Waals surface area contributed by atoms with Crippen LogP contribution in [0.25, 0.3) is 0 Å². The van der Waals surface area contributed by atoms with E-state index in [4.69, 9.17) is 0 Å². The fourth-order valence-electron chi connectivity index (χ4n) is 2.50. The van der Waals surface area contributed by atoms with Crippen molar-refractivity contribution in [1.29, 1.82) is 0 Å². The number of amides is 2. The van der Waals surface area contributed by atoms with Gasteiger partial charge in [-0.1, -0.05) is 12.2 Å². The van der Waals surface area contributed by atoms with Crippen LogP contribution < -0.4 is 0 Å². The third-order valence-corrected chi connectivity index (χ3v) is 3.18. The molecule has 0 saturated carbocycles. The van der Waals surface area contributed by atoms with E-state index in [2.05, 4.69) is 0 Å². The Hall–Kier alpha value is -1.33. The van der Waals surface area contributed by atoms with E-state index < -0.39 is 12.2 Å². The third kappa shape index (κ3) is 2.42. The van der Waals surface area contributed by atoms with Crippen LogP contribution in [0.3, 0.4) is 0 Å². The highest BCUT2D eigenvalue weighted by Gasteiger charge is 2.41. The molecule has 1 aliphatic heterocycles. The maximum atomic E-state index is 12.3. The van der Waals surface area contributed by atoms with Crippen LogP contribution >= 0.6 is 0 Å². The molecule has 2 N–H and O–H groups in total. The number of fused-ring (bicyclic) bond motifs is 1. The van der Waals surface area contributed by atoms with E-state index >= 15 is 0 Å². The Labute approximate surface area is 107 Å². The van der Waals surface area contributed by atoms with Crippen LogP contribution in [0.4, 0.5) is 4.79 Å². The highest BCUT2D eigenvalue weighted by molar-refractivity contribution is 5.81. The van der Waals surface area contributed by atoms with Crippen molar-refractivity contribution < 1.29 is 15.0 Å². The minimum Gasteiger partial charge on any atom is -0.392 e. The number of hydrogen-bond donors (Lipinski definition) is 2. The van der Waals surface area contributed by atoms with Crippen molar-refractivity contribution in [3.8, 4) is 0 Å². The number of β-amino-alcohol motifs (C(OH)–C–C–N with tert-alkyl or cyclic N) is 2. The number of rotatable bonds is 4. The average Bonchev–Trinajstić information content (AvgIpc) is 2.54. The number of aliphatic hydroxyl groups excluding tert-OH is 2. The molecule has 1 heterocycles. The Bertz CT molecular complexity index is 388. The van der Waals surface area contributed by atoms with Crippen molar-refractivity contribution in [2.75, 3.05) is 13.1 Å². The Balaban J connectivity index is 2.23. The summed E-state index contributed by atoms with van der Waals surface area (Å²) in [5.41, 5.74) is 0.920. The number of carbonyl (C=O) groups is 1. The van der Waals surface area contributed by atoms with Gasteiger partial charge in [0.05, 0.1) is 24.8 Å². The molecule has 3 unspecified atom stereocenters. The molecule has 0 radical (unpaired) electrons. The first-order chi connectivity index (χ1) is 8.50. The van der Waals surface area contributed by atoms with E-state index in [0.29, 0.717) is 13.1 Å². The van der Waals surface area contributed by atoms with E-state index in [1.165, 1.54) is 0 Å². The van der Waals surface area contributed by atoms with Gasteiger partial charge in [0.15, 0.2) is 0 Å². The number of aliphatic hydroxyl groups is 2. The van der Waals surface area contributed by atoms with Crippen LogP contribution in [-0.4, -0.2) is 57.4 Å². The maximum absolute atomic E-state index is 12.3. The van der Waals surface area contributed by atoms with Gasteiger partial charge in [0.2, 0.25) is 0 Å². The summed E-state index contributed by atoms with van der Waals surface area (Å²) in [6, 6.07) is -0.132. The average molecular weight is 252 g/mol. The Morgan fingerprint density at radius 2 is 2.00 bits per heavy atom. The van der Waals surface area contributed by atoms with E-state index in [1.807, 2.05) is 18.2 Å². The van der Waals surface area contributed by atoms with Crippen molar-refractivity contribution in [3.63, 3.8) is 0 Å². The predicted octanol–water partition coefficient (Wildman–Crippen LogP) is 0.698. The summed E-state index contributed by atoms with van der Waals surface area (Å²) in [4.78, 5) is 15.6. The van der Waals surface area contributed by atoms with Crippen LogP contribution in [0.1, 0.15) is 20.3 Å². The molecule has 0 spiro atoms. The van der Waals surface area contributed by atoms with Crippen molar-refractivity contribution in [1.82, 2.24) is 9.80 Å². The fraction of sp³-hybridized carbons (Fsp3) is 0.615. The molecular formula is C13H20N2O3.